The Morgan fingerprint density at radius 2 is 2.20 bits per heavy atom. The molecule has 0 radical (unpaired) electrons. The molecule has 6 nitrogen and oxygen atoms in total. The molecule has 0 fully saturated rings. The number of rotatable bonds is 7. The van der Waals surface area contributed by atoms with Crippen LogP contribution in [0.5, 0.6) is 0 Å². The van der Waals surface area contributed by atoms with E-state index in [4.69, 9.17) is 0 Å². The van der Waals surface area contributed by atoms with Gasteiger partial charge in [0, 0.05) is 17.8 Å². The molecule has 112 valence electrons. The van der Waals surface area contributed by atoms with Crippen molar-refractivity contribution < 1.29 is 0 Å². The summed E-state index contributed by atoms with van der Waals surface area (Å²) in [5, 5.41) is 20.0. The lowest BCUT2D eigenvalue weighted by Gasteiger charge is -2.28. The van der Waals surface area contributed by atoms with Gasteiger partial charge in [-0.05, 0) is 34.1 Å². The Bertz CT molecular complexity index is 530. The Morgan fingerprint density at radius 3 is 2.70 bits per heavy atom. The van der Waals surface area contributed by atoms with Crippen LogP contribution in [-0.2, 0) is 6.54 Å². The van der Waals surface area contributed by atoms with Gasteiger partial charge in [0.15, 0.2) is 5.16 Å². The van der Waals surface area contributed by atoms with Crippen molar-refractivity contribution in [3.05, 3.63) is 10.5 Å². The van der Waals surface area contributed by atoms with E-state index in [1.54, 1.807) is 4.57 Å². The van der Waals surface area contributed by atoms with E-state index in [9.17, 15) is 10.1 Å². The number of hydrogen-bond acceptors (Lipinski definition) is 5. The number of nitrogens with one attached hydrogen (secondary N) is 2. The number of nitrogens with zero attached hydrogens (tertiary/aromatic N) is 3. The van der Waals surface area contributed by atoms with Crippen LogP contribution in [0.25, 0.3) is 0 Å². The molecular weight excluding hydrogens is 274 g/mol. The predicted octanol–water partition coefficient (Wildman–Crippen LogP) is 1.74. The molecule has 0 aromatic carbocycles. The number of H-pyrrole nitrogens is 1. The highest BCUT2D eigenvalue weighted by molar-refractivity contribution is 7.99. The molecule has 0 aliphatic carbocycles. The van der Waals surface area contributed by atoms with E-state index in [0.29, 0.717) is 18.1 Å². The van der Waals surface area contributed by atoms with Crippen LogP contribution in [0, 0.1) is 11.3 Å². The maximum atomic E-state index is 11.5. The predicted molar refractivity (Wildman–Crippen MR) is 80.7 cm³/mol. The lowest BCUT2D eigenvalue weighted by atomic mass is 9.97. The summed E-state index contributed by atoms with van der Waals surface area (Å²) in [6, 6.07) is 2.59. The van der Waals surface area contributed by atoms with Gasteiger partial charge >= 0.3 is 5.69 Å². The summed E-state index contributed by atoms with van der Waals surface area (Å²) in [6.07, 6.45) is 0.678. The average Bonchev–Trinajstić information content (AvgIpc) is 2.68. The van der Waals surface area contributed by atoms with Crippen molar-refractivity contribution in [1.29, 1.82) is 5.26 Å². The molecule has 1 heterocycles. The van der Waals surface area contributed by atoms with Crippen molar-refractivity contribution in [1.82, 2.24) is 20.1 Å². The van der Waals surface area contributed by atoms with Gasteiger partial charge in [0.1, 0.15) is 5.54 Å². The zero-order valence-corrected chi connectivity index (χ0v) is 13.5. The van der Waals surface area contributed by atoms with Crippen molar-refractivity contribution >= 4 is 11.8 Å². The van der Waals surface area contributed by atoms with Gasteiger partial charge in [-0.3, -0.25) is 9.88 Å². The number of aromatic amines is 1. The molecule has 1 aromatic rings. The lowest BCUT2D eigenvalue weighted by molar-refractivity contribution is 0.382. The zero-order valence-electron chi connectivity index (χ0n) is 12.7. The van der Waals surface area contributed by atoms with Crippen molar-refractivity contribution in [2.24, 2.45) is 0 Å². The second kappa shape index (κ2) is 6.95. The van der Waals surface area contributed by atoms with Gasteiger partial charge in [-0.2, -0.15) is 5.26 Å². The van der Waals surface area contributed by atoms with E-state index in [0.717, 1.165) is 0 Å². The summed E-state index contributed by atoms with van der Waals surface area (Å²) >= 11 is 1.51. The second-order valence-electron chi connectivity index (χ2n) is 5.43. The van der Waals surface area contributed by atoms with E-state index in [2.05, 4.69) is 21.6 Å². The molecule has 0 aliphatic heterocycles. The molecule has 20 heavy (non-hydrogen) atoms. The molecule has 0 bridgehead atoms. The molecule has 2 atom stereocenters. The fourth-order valence-electron chi connectivity index (χ4n) is 2.24. The maximum Gasteiger partial charge on any atom is 0.343 e. The van der Waals surface area contributed by atoms with Gasteiger partial charge in [0.2, 0.25) is 0 Å². The van der Waals surface area contributed by atoms with Gasteiger partial charge in [-0.1, -0.05) is 18.7 Å². The summed E-state index contributed by atoms with van der Waals surface area (Å²) in [4.78, 5) is 11.5. The van der Waals surface area contributed by atoms with Crippen LogP contribution in [-0.4, -0.2) is 31.6 Å². The molecule has 1 aromatic heterocycles. The summed E-state index contributed by atoms with van der Waals surface area (Å²) in [5.74, 6) is 0. The smallest absolute Gasteiger partial charge is 0.297 e. The number of nitriles is 1. The first kappa shape index (κ1) is 16.8. The van der Waals surface area contributed by atoms with Gasteiger partial charge < -0.3 is 0 Å². The summed E-state index contributed by atoms with van der Waals surface area (Å²) in [5.41, 5.74) is -0.764. The Morgan fingerprint density at radius 1 is 1.55 bits per heavy atom. The lowest BCUT2D eigenvalue weighted by Crippen LogP contribution is -2.46. The fraction of sp³-hybridized carbons (Fsp3) is 0.769. The quantitative estimate of drug-likeness (QED) is 0.749. The minimum atomic E-state index is -0.575. The van der Waals surface area contributed by atoms with Gasteiger partial charge in [0.25, 0.3) is 0 Å². The van der Waals surface area contributed by atoms with Crippen LogP contribution in [0.15, 0.2) is 9.95 Å². The molecule has 1 rings (SSSR count). The third-order valence-electron chi connectivity index (χ3n) is 2.90. The molecule has 0 spiro atoms. The van der Waals surface area contributed by atoms with Gasteiger partial charge in [0.05, 0.1) is 6.07 Å². The van der Waals surface area contributed by atoms with Crippen LogP contribution in [0.4, 0.5) is 0 Å². The van der Waals surface area contributed by atoms with E-state index < -0.39 is 5.54 Å². The van der Waals surface area contributed by atoms with Gasteiger partial charge in [-0.25, -0.2) is 9.89 Å². The van der Waals surface area contributed by atoms with E-state index in [-0.39, 0.29) is 17.0 Å². The normalized spacial score (nSPS) is 15.8. The zero-order chi connectivity index (χ0) is 15.3. The third-order valence-corrected chi connectivity index (χ3v) is 3.99. The minimum Gasteiger partial charge on any atom is -0.297 e. The van der Waals surface area contributed by atoms with Crippen LogP contribution in [0.3, 0.4) is 0 Å². The molecular formula is C13H23N5OS. The highest BCUT2D eigenvalue weighted by atomic mass is 32.2. The molecule has 7 heteroatoms. The average molecular weight is 297 g/mol. The first-order valence-corrected chi connectivity index (χ1v) is 7.70. The first-order valence-electron chi connectivity index (χ1n) is 6.82. The molecule has 0 aliphatic rings. The Labute approximate surface area is 123 Å². The number of hydrogen-bond donors (Lipinski definition) is 2. The van der Waals surface area contributed by atoms with Crippen LogP contribution >= 0.6 is 11.8 Å². The van der Waals surface area contributed by atoms with Crippen LogP contribution < -0.4 is 11.0 Å². The van der Waals surface area contributed by atoms with Crippen molar-refractivity contribution in [2.45, 2.75) is 69.6 Å². The van der Waals surface area contributed by atoms with Crippen molar-refractivity contribution in [3.63, 3.8) is 0 Å². The molecule has 0 amide bonds. The summed E-state index contributed by atoms with van der Waals surface area (Å²) in [6.45, 7) is 10.5. The maximum absolute atomic E-state index is 11.5. The largest absolute Gasteiger partial charge is 0.343 e. The highest BCUT2D eigenvalue weighted by Gasteiger charge is 2.28. The molecule has 0 saturated carbocycles. The third kappa shape index (κ3) is 4.39. The summed E-state index contributed by atoms with van der Waals surface area (Å²) < 4.78 is 1.60. The van der Waals surface area contributed by atoms with E-state index >= 15 is 0 Å². The van der Waals surface area contributed by atoms with Crippen molar-refractivity contribution in [2.75, 3.05) is 0 Å². The Hall–Kier alpha value is -1.26. The highest BCUT2D eigenvalue weighted by Crippen LogP contribution is 2.26. The monoisotopic (exact) mass is 297 g/mol. The molecule has 2 unspecified atom stereocenters. The van der Waals surface area contributed by atoms with Crippen molar-refractivity contribution in [3.8, 4) is 6.07 Å². The van der Waals surface area contributed by atoms with E-state index in [1.807, 2.05) is 34.6 Å². The fourth-order valence-corrected chi connectivity index (χ4v) is 3.46. The van der Waals surface area contributed by atoms with E-state index in [1.165, 1.54) is 11.8 Å². The Kier molecular flexibility index (Phi) is 5.84. The SMILES string of the molecule is CCn1c(SC(C)CC(C)(C#N)NC(C)C)n[nH]c1=O. The topological polar surface area (TPSA) is 86.5 Å². The molecule has 2 N–H and O–H groups in total. The minimum absolute atomic E-state index is 0.173. The summed E-state index contributed by atoms with van der Waals surface area (Å²) in [7, 11) is 0. The first-order chi connectivity index (χ1) is 9.31. The number of aromatic nitrogens is 3. The van der Waals surface area contributed by atoms with Gasteiger partial charge in [-0.15, -0.1) is 5.10 Å². The van der Waals surface area contributed by atoms with Crippen LogP contribution in [0.2, 0.25) is 0 Å². The Balaban J connectivity index is 2.74. The second-order valence-corrected chi connectivity index (χ2v) is 6.84. The molecule has 0 saturated heterocycles. The van der Waals surface area contributed by atoms with Crippen LogP contribution in [0.1, 0.15) is 41.0 Å². The number of thioether (sulfide) groups is 1. The standard InChI is InChI=1S/C13H23N5OS/c1-6-18-11(19)16-17-12(18)20-10(4)7-13(5,8-14)15-9(2)3/h9-10,15H,6-7H2,1-5H3,(H,16,19).